The Bertz CT molecular complexity index is 834. The number of fused-ring (bicyclic) bond motifs is 1. The first-order valence-corrected chi connectivity index (χ1v) is 6.39. The smallest absolute Gasteiger partial charge is 0.298 e. The summed E-state index contributed by atoms with van der Waals surface area (Å²) in [6.07, 6.45) is 3.22. The summed E-state index contributed by atoms with van der Waals surface area (Å²) >= 11 is 6.23. The van der Waals surface area contributed by atoms with Crippen molar-refractivity contribution in [3.05, 3.63) is 57.9 Å². The number of hydrogen-bond donors (Lipinski definition) is 0. The van der Waals surface area contributed by atoms with Crippen LogP contribution in [-0.2, 0) is 0 Å². The highest BCUT2D eigenvalue weighted by Gasteiger charge is 2.11. The second kappa shape index (κ2) is 4.68. The standard InChI is InChI=1S/C14H12ClN3O2/c1-9-7-16-13-14(19)17(8-12(15)18(9)13)10-3-5-11(20-2)6-4-10/h3-8H,1-2H3. The van der Waals surface area contributed by atoms with Crippen molar-refractivity contribution in [2.45, 2.75) is 6.92 Å². The fourth-order valence-corrected chi connectivity index (χ4v) is 2.43. The molecular formula is C14H12ClN3O2. The fourth-order valence-electron chi connectivity index (χ4n) is 2.12. The SMILES string of the molecule is COc1ccc(-n2cc(Cl)n3c(C)cnc3c2=O)cc1. The molecule has 0 aliphatic heterocycles. The van der Waals surface area contributed by atoms with E-state index in [1.54, 1.807) is 48.2 Å². The number of hydrogen-bond acceptors (Lipinski definition) is 3. The summed E-state index contributed by atoms with van der Waals surface area (Å²) in [6.45, 7) is 1.85. The third-order valence-corrected chi connectivity index (χ3v) is 3.41. The molecule has 2 heterocycles. The maximum Gasteiger partial charge on any atom is 0.298 e. The zero-order valence-electron chi connectivity index (χ0n) is 11.0. The van der Waals surface area contributed by atoms with Crippen molar-refractivity contribution in [3.63, 3.8) is 0 Å². The predicted molar refractivity (Wildman–Crippen MR) is 77.1 cm³/mol. The number of aryl methyl sites for hydroxylation is 1. The van der Waals surface area contributed by atoms with Crippen molar-refractivity contribution in [1.29, 1.82) is 0 Å². The molecule has 0 aliphatic carbocycles. The minimum atomic E-state index is -0.215. The van der Waals surface area contributed by atoms with Crippen LogP contribution in [0.15, 0.2) is 41.5 Å². The summed E-state index contributed by atoms with van der Waals surface area (Å²) in [6, 6.07) is 7.17. The third-order valence-electron chi connectivity index (χ3n) is 3.15. The molecule has 0 unspecified atom stereocenters. The number of rotatable bonds is 2. The van der Waals surface area contributed by atoms with Crippen LogP contribution in [0, 0.1) is 6.92 Å². The van der Waals surface area contributed by atoms with E-state index in [4.69, 9.17) is 16.3 Å². The van der Waals surface area contributed by atoms with Gasteiger partial charge in [-0.2, -0.15) is 0 Å². The van der Waals surface area contributed by atoms with Crippen molar-refractivity contribution in [3.8, 4) is 11.4 Å². The van der Waals surface area contributed by atoms with Gasteiger partial charge in [-0.1, -0.05) is 11.6 Å². The summed E-state index contributed by atoms with van der Waals surface area (Å²) in [5, 5.41) is 0.436. The first kappa shape index (κ1) is 12.7. The Balaban J connectivity index is 2.26. The summed E-state index contributed by atoms with van der Waals surface area (Å²) in [7, 11) is 1.59. The minimum absolute atomic E-state index is 0.215. The van der Waals surface area contributed by atoms with E-state index < -0.39 is 0 Å². The molecule has 20 heavy (non-hydrogen) atoms. The van der Waals surface area contributed by atoms with Crippen LogP contribution in [0.4, 0.5) is 0 Å². The normalized spacial score (nSPS) is 10.9. The van der Waals surface area contributed by atoms with E-state index in [1.165, 1.54) is 4.57 Å². The molecule has 0 saturated carbocycles. The van der Waals surface area contributed by atoms with Crippen LogP contribution in [0.25, 0.3) is 11.3 Å². The van der Waals surface area contributed by atoms with Gasteiger partial charge in [0.05, 0.1) is 7.11 Å². The van der Waals surface area contributed by atoms with E-state index in [2.05, 4.69) is 4.98 Å². The maximum atomic E-state index is 12.4. The van der Waals surface area contributed by atoms with Gasteiger partial charge in [-0.3, -0.25) is 13.8 Å². The number of benzene rings is 1. The lowest BCUT2D eigenvalue weighted by molar-refractivity contribution is 0.414. The molecule has 3 rings (SSSR count). The van der Waals surface area contributed by atoms with Crippen molar-refractivity contribution in [2.24, 2.45) is 0 Å². The van der Waals surface area contributed by atoms with E-state index in [0.717, 1.165) is 11.4 Å². The molecule has 0 radical (unpaired) electrons. The Morgan fingerprint density at radius 2 is 1.95 bits per heavy atom. The highest BCUT2D eigenvalue weighted by molar-refractivity contribution is 6.29. The molecule has 3 aromatic rings. The molecule has 2 aromatic heterocycles. The molecule has 0 atom stereocenters. The molecule has 0 fully saturated rings. The van der Waals surface area contributed by atoms with Gasteiger partial charge in [-0.05, 0) is 31.2 Å². The molecule has 0 N–H and O–H groups in total. The maximum absolute atomic E-state index is 12.4. The fraction of sp³-hybridized carbons (Fsp3) is 0.143. The topological polar surface area (TPSA) is 48.5 Å². The van der Waals surface area contributed by atoms with Crippen molar-refractivity contribution < 1.29 is 4.74 Å². The van der Waals surface area contributed by atoms with Gasteiger partial charge in [-0.15, -0.1) is 0 Å². The number of aromatic nitrogens is 3. The minimum Gasteiger partial charge on any atom is -0.497 e. The molecule has 5 nitrogen and oxygen atoms in total. The van der Waals surface area contributed by atoms with Crippen LogP contribution in [-0.4, -0.2) is 21.1 Å². The first-order chi connectivity index (χ1) is 9.61. The van der Waals surface area contributed by atoms with Gasteiger partial charge in [-0.25, -0.2) is 4.98 Å². The summed E-state index contributed by atoms with van der Waals surface area (Å²) in [5.74, 6) is 0.727. The van der Waals surface area contributed by atoms with Crippen LogP contribution >= 0.6 is 11.6 Å². The first-order valence-electron chi connectivity index (χ1n) is 6.01. The van der Waals surface area contributed by atoms with E-state index >= 15 is 0 Å². The predicted octanol–water partition coefficient (Wildman–Crippen LogP) is 2.46. The van der Waals surface area contributed by atoms with Crippen molar-refractivity contribution in [1.82, 2.24) is 14.0 Å². The van der Waals surface area contributed by atoms with Gasteiger partial charge < -0.3 is 4.74 Å². The van der Waals surface area contributed by atoms with Crippen LogP contribution in [0.1, 0.15) is 5.69 Å². The van der Waals surface area contributed by atoms with Gasteiger partial charge in [0.2, 0.25) is 5.65 Å². The van der Waals surface area contributed by atoms with Gasteiger partial charge >= 0.3 is 0 Å². The average Bonchev–Trinajstić information content (AvgIpc) is 2.86. The largest absolute Gasteiger partial charge is 0.497 e. The van der Waals surface area contributed by atoms with E-state index in [-0.39, 0.29) is 5.56 Å². The second-order valence-electron chi connectivity index (χ2n) is 4.38. The lowest BCUT2D eigenvalue weighted by Gasteiger charge is -2.09. The van der Waals surface area contributed by atoms with Gasteiger partial charge in [0, 0.05) is 23.8 Å². The molecule has 1 aromatic carbocycles. The van der Waals surface area contributed by atoms with E-state index in [1.807, 2.05) is 6.92 Å². The Labute approximate surface area is 120 Å². The third kappa shape index (κ3) is 1.87. The Kier molecular flexibility index (Phi) is 2.99. The van der Waals surface area contributed by atoms with Gasteiger partial charge in [0.25, 0.3) is 5.56 Å². The Morgan fingerprint density at radius 1 is 1.25 bits per heavy atom. The number of nitrogens with zero attached hydrogens (tertiary/aromatic N) is 3. The molecule has 102 valence electrons. The van der Waals surface area contributed by atoms with Gasteiger partial charge in [0.1, 0.15) is 10.9 Å². The van der Waals surface area contributed by atoms with Crippen LogP contribution < -0.4 is 10.3 Å². The second-order valence-corrected chi connectivity index (χ2v) is 4.77. The van der Waals surface area contributed by atoms with E-state index in [9.17, 15) is 4.79 Å². The molecule has 0 spiro atoms. The molecule has 0 amide bonds. The zero-order chi connectivity index (χ0) is 14.3. The van der Waals surface area contributed by atoms with Crippen LogP contribution in [0.5, 0.6) is 5.75 Å². The van der Waals surface area contributed by atoms with E-state index in [0.29, 0.717) is 16.5 Å². The number of halogens is 1. The molecule has 0 saturated heterocycles. The van der Waals surface area contributed by atoms with Crippen molar-refractivity contribution >= 4 is 17.2 Å². The average molecular weight is 290 g/mol. The highest BCUT2D eigenvalue weighted by Crippen LogP contribution is 2.17. The van der Waals surface area contributed by atoms with Gasteiger partial charge in [0.15, 0.2) is 0 Å². The van der Waals surface area contributed by atoms with Crippen LogP contribution in [0.3, 0.4) is 0 Å². The Hall–Kier alpha value is -2.27. The lowest BCUT2D eigenvalue weighted by Crippen LogP contribution is -2.21. The summed E-state index contributed by atoms with van der Waals surface area (Å²) in [5.41, 5.74) is 1.63. The van der Waals surface area contributed by atoms with Crippen LogP contribution in [0.2, 0.25) is 5.15 Å². The quantitative estimate of drug-likeness (QED) is 0.728. The number of methoxy groups -OCH3 is 1. The number of ether oxygens (including phenoxy) is 1. The zero-order valence-corrected chi connectivity index (χ0v) is 11.8. The monoisotopic (exact) mass is 289 g/mol. The molecular weight excluding hydrogens is 278 g/mol. The highest BCUT2D eigenvalue weighted by atomic mass is 35.5. The molecule has 0 bridgehead atoms. The van der Waals surface area contributed by atoms with Crippen molar-refractivity contribution in [2.75, 3.05) is 7.11 Å². The summed E-state index contributed by atoms with van der Waals surface area (Å²) in [4.78, 5) is 16.6. The Morgan fingerprint density at radius 3 is 2.60 bits per heavy atom. The molecule has 6 heteroatoms. The summed E-state index contributed by atoms with van der Waals surface area (Å²) < 4.78 is 8.21. The lowest BCUT2D eigenvalue weighted by atomic mass is 10.3. The number of imidazole rings is 1. The molecule has 0 aliphatic rings.